The van der Waals surface area contributed by atoms with Crippen molar-refractivity contribution in [3.63, 3.8) is 0 Å². The second-order valence-corrected chi connectivity index (χ2v) is 2.94. The molecular formula is C10H8FNO. The van der Waals surface area contributed by atoms with Gasteiger partial charge in [-0.15, -0.1) is 0 Å². The van der Waals surface area contributed by atoms with Gasteiger partial charge in [-0.25, -0.2) is 4.39 Å². The van der Waals surface area contributed by atoms with Gasteiger partial charge in [0.1, 0.15) is 5.82 Å². The van der Waals surface area contributed by atoms with E-state index in [-0.39, 0.29) is 11.6 Å². The first-order valence-corrected chi connectivity index (χ1v) is 3.96. The first-order chi connectivity index (χ1) is 6.18. The van der Waals surface area contributed by atoms with Crippen LogP contribution in [0, 0.1) is 5.82 Å². The zero-order chi connectivity index (χ0) is 9.42. The van der Waals surface area contributed by atoms with Crippen molar-refractivity contribution in [1.82, 2.24) is 4.98 Å². The van der Waals surface area contributed by atoms with Gasteiger partial charge in [-0.2, -0.15) is 0 Å². The topological polar surface area (TPSA) is 32.9 Å². The number of aromatic nitrogens is 1. The summed E-state index contributed by atoms with van der Waals surface area (Å²) in [5.74, 6) is -0.416. The maximum Gasteiger partial charge on any atom is 0.175 e. The van der Waals surface area contributed by atoms with Crippen LogP contribution in [0.5, 0.6) is 0 Å². The van der Waals surface area contributed by atoms with E-state index < -0.39 is 0 Å². The molecular weight excluding hydrogens is 169 g/mol. The molecule has 2 nitrogen and oxygen atoms in total. The van der Waals surface area contributed by atoms with Crippen molar-refractivity contribution in [2.24, 2.45) is 0 Å². The van der Waals surface area contributed by atoms with E-state index in [0.717, 1.165) is 5.39 Å². The largest absolute Gasteiger partial charge is 0.350 e. The first kappa shape index (κ1) is 7.98. The summed E-state index contributed by atoms with van der Waals surface area (Å²) < 4.78 is 13.1. The number of nitrogens with one attached hydrogen (secondary N) is 1. The van der Waals surface area contributed by atoms with Crippen LogP contribution >= 0.6 is 0 Å². The van der Waals surface area contributed by atoms with Gasteiger partial charge in [0.25, 0.3) is 0 Å². The Labute approximate surface area is 74.4 Å². The van der Waals surface area contributed by atoms with Crippen LogP contribution in [0.1, 0.15) is 17.4 Å². The molecule has 0 fully saturated rings. The Morgan fingerprint density at radius 1 is 1.46 bits per heavy atom. The van der Waals surface area contributed by atoms with Gasteiger partial charge in [0, 0.05) is 12.3 Å². The van der Waals surface area contributed by atoms with Crippen LogP contribution in [0.2, 0.25) is 0 Å². The highest BCUT2D eigenvalue weighted by atomic mass is 19.1. The van der Waals surface area contributed by atoms with Crippen molar-refractivity contribution in [2.45, 2.75) is 6.92 Å². The Morgan fingerprint density at radius 3 is 2.85 bits per heavy atom. The Kier molecular flexibility index (Phi) is 1.65. The van der Waals surface area contributed by atoms with Crippen LogP contribution in [0.3, 0.4) is 0 Å². The van der Waals surface area contributed by atoms with E-state index in [9.17, 15) is 9.18 Å². The number of hydrogen-bond donors (Lipinski definition) is 1. The highest BCUT2D eigenvalue weighted by Crippen LogP contribution is 2.18. The fourth-order valence-corrected chi connectivity index (χ4v) is 1.31. The van der Waals surface area contributed by atoms with E-state index in [1.54, 1.807) is 18.2 Å². The number of para-hydroxylation sites is 1. The quantitative estimate of drug-likeness (QED) is 0.667. The molecule has 66 valence electrons. The molecule has 1 heterocycles. The van der Waals surface area contributed by atoms with Crippen molar-refractivity contribution in [3.05, 3.63) is 35.8 Å². The molecule has 1 aromatic carbocycles. The Balaban J connectivity index is 2.75. The standard InChI is InChI=1S/C10H8FNO/c1-6(13)9-5-7-3-2-4-8(11)10(7)12-9/h2-5,12H,1H3. The van der Waals surface area contributed by atoms with E-state index in [1.165, 1.54) is 13.0 Å². The lowest BCUT2D eigenvalue weighted by molar-refractivity contribution is 0.101. The molecule has 0 spiro atoms. The highest BCUT2D eigenvalue weighted by molar-refractivity contribution is 5.97. The summed E-state index contributed by atoms with van der Waals surface area (Å²) in [5.41, 5.74) is 0.841. The maximum atomic E-state index is 13.1. The van der Waals surface area contributed by atoms with E-state index in [2.05, 4.69) is 4.98 Å². The zero-order valence-corrected chi connectivity index (χ0v) is 7.10. The summed E-state index contributed by atoms with van der Waals surface area (Å²) in [6, 6.07) is 6.40. The molecule has 0 aliphatic carbocycles. The van der Waals surface area contributed by atoms with Crippen LogP contribution < -0.4 is 0 Å². The zero-order valence-electron chi connectivity index (χ0n) is 7.10. The number of carbonyl (C=O) groups excluding carboxylic acids is 1. The van der Waals surface area contributed by atoms with Crippen molar-refractivity contribution < 1.29 is 9.18 Å². The molecule has 2 rings (SSSR count). The number of rotatable bonds is 1. The van der Waals surface area contributed by atoms with Crippen LogP contribution in [-0.2, 0) is 0 Å². The smallest absolute Gasteiger partial charge is 0.175 e. The molecule has 1 aromatic heterocycles. The van der Waals surface area contributed by atoms with Gasteiger partial charge in [-0.1, -0.05) is 12.1 Å². The number of halogens is 1. The predicted octanol–water partition coefficient (Wildman–Crippen LogP) is 2.51. The fourth-order valence-electron chi connectivity index (χ4n) is 1.31. The first-order valence-electron chi connectivity index (χ1n) is 3.96. The molecule has 1 N–H and O–H groups in total. The number of fused-ring (bicyclic) bond motifs is 1. The number of ketones is 1. The van der Waals surface area contributed by atoms with E-state index in [1.807, 2.05) is 0 Å². The highest BCUT2D eigenvalue weighted by Gasteiger charge is 2.06. The number of Topliss-reactive ketones (excluding diaryl/α,β-unsaturated/α-hetero) is 1. The minimum absolute atomic E-state index is 0.0874. The number of hydrogen-bond acceptors (Lipinski definition) is 1. The van der Waals surface area contributed by atoms with Crippen molar-refractivity contribution in [1.29, 1.82) is 0 Å². The van der Waals surface area contributed by atoms with Gasteiger partial charge in [0.05, 0.1) is 11.2 Å². The maximum absolute atomic E-state index is 13.1. The lowest BCUT2D eigenvalue weighted by atomic mass is 10.2. The summed E-state index contributed by atoms with van der Waals surface area (Å²) in [4.78, 5) is 13.7. The average molecular weight is 177 g/mol. The average Bonchev–Trinajstić information content (AvgIpc) is 2.49. The molecule has 13 heavy (non-hydrogen) atoms. The summed E-state index contributed by atoms with van der Waals surface area (Å²) in [6.45, 7) is 1.45. The lowest BCUT2D eigenvalue weighted by Crippen LogP contribution is -1.90. The summed E-state index contributed by atoms with van der Waals surface area (Å²) in [5, 5.41) is 0.727. The second-order valence-electron chi connectivity index (χ2n) is 2.94. The molecule has 3 heteroatoms. The van der Waals surface area contributed by atoms with Crippen LogP contribution in [0.4, 0.5) is 4.39 Å². The van der Waals surface area contributed by atoms with Crippen LogP contribution in [0.25, 0.3) is 10.9 Å². The van der Waals surface area contributed by atoms with Crippen LogP contribution in [-0.4, -0.2) is 10.8 Å². The third-order valence-corrected chi connectivity index (χ3v) is 1.98. The number of aromatic amines is 1. The van der Waals surface area contributed by atoms with Gasteiger partial charge in [-0.05, 0) is 12.1 Å². The van der Waals surface area contributed by atoms with Crippen LogP contribution in [0.15, 0.2) is 24.3 Å². The van der Waals surface area contributed by atoms with E-state index in [4.69, 9.17) is 0 Å². The molecule has 0 saturated heterocycles. The monoisotopic (exact) mass is 177 g/mol. The minimum Gasteiger partial charge on any atom is -0.350 e. The SMILES string of the molecule is CC(=O)c1cc2cccc(F)c2[nH]1. The minimum atomic E-state index is -0.329. The molecule has 0 unspecified atom stereocenters. The van der Waals surface area contributed by atoms with E-state index in [0.29, 0.717) is 11.2 Å². The van der Waals surface area contributed by atoms with Gasteiger partial charge in [0.15, 0.2) is 5.78 Å². The van der Waals surface area contributed by atoms with E-state index >= 15 is 0 Å². The molecule has 0 radical (unpaired) electrons. The molecule has 0 aliphatic heterocycles. The van der Waals surface area contributed by atoms with Crippen molar-refractivity contribution in [3.8, 4) is 0 Å². The molecule has 0 aliphatic rings. The molecule has 0 atom stereocenters. The van der Waals surface area contributed by atoms with Gasteiger partial charge in [0.2, 0.25) is 0 Å². The number of benzene rings is 1. The third kappa shape index (κ3) is 1.22. The van der Waals surface area contributed by atoms with Crippen molar-refractivity contribution in [2.75, 3.05) is 0 Å². The normalized spacial score (nSPS) is 10.6. The molecule has 0 saturated carbocycles. The fraction of sp³-hybridized carbons (Fsp3) is 0.100. The second kappa shape index (κ2) is 2.69. The summed E-state index contributed by atoms with van der Waals surface area (Å²) in [6.07, 6.45) is 0. The summed E-state index contributed by atoms with van der Waals surface area (Å²) >= 11 is 0. The number of carbonyl (C=O) groups is 1. The Morgan fingerprint density at radius 2 is 2.23 bits per heavy atom. The predicted molar refractivity (Wildman–Crippen MR) is 48.3 cm³/mol. The Bertz CT molecular complexity index is 473. The molecule has 2 aromatic rings. The van der Waals surface area contributed by atoms with Gasteiger partial charge >= 0.3 is 0 Å². The van der Waals surface area contributed by atoms with Crippen molar-refractivity contribution >= 4 is 16.7 Å². The van der Waals surface area contributed by atoms with Gasteiger partial charge in [-0.3, -0.25) is 4.79 Å². The Hall–Kier alpha value is -1.64. The summed E-state index contributed by atoms with van der Waals surface area (Å²) in [7, 11) is 0. The number of H-pyrrole nitrogens is 1. The lowest BCUT2D eigenvalue weighted by Gasteiger charge is -1.89. The third-order valence-electron chi connectivity index (χ3n) is 1.98. The molecule has 0 bridgehead atoms. The van der Waals surface area contributed by atoms with Gasteiger partial charge < -0.3 is 4.98 Å². The molecule has 0 amide bonds.